The Hall–Kier alpha value is -3.53. The van der Waals surface area contributed by atoms with Crippen LogP contribution in [0.25, 0.3) is 16.7 Å². The topological polar surface area (TPSA) is 116 Å². The van der Waals surface area contributed by atoms with Gasteiger partial charge in [0.1, 0.15) is 11.6 Å². The summed E-state index contributed by atoms with van der Waals surface area (Å²) >= 11 is 1.37. The van der Waals surface area contributed by atoms with E-state index in [9.17, 15) is 4.79 Å². The molecule has 3 aromatic heterocycles. The number of hydrogen-bond acceptors (Lipinski definition) is 9. The average molecular weight is 435 g/mol. The molecule has 2 N–H and O–H groups in total. The number of nitrogen functional groups attached to an aromatic ring is 1. The monoisotopic (exact) mass is 434 g/mol. The Labute approximate surface area is 183 Å². The maximum atomic E-state index is 13.4. The second kappa shape index (κ2) is 8.31. The molecule has 31 heavy (non-hydrogen) atoms. The van der Waals surface area contributed by atoms with Gasteiger partial charge in [-0.1, -0.05) is 30.0 Å². The fourth-order valence-electron chi connectivity index (χ4n) is 2.98. The van der Waals surface area contributed by atoms with E-state index in [-0.39, 0.29) is 16.8 Å². The second-order valence-corrected chi connectivity index (χ2v) is 8.56. The predicted octanol–water partition coefficient (Wildman–Crippen LogP) is 2.78. The molecule has 0 bridgehead atoms. The van der Waals surface area contributed by atoms with Crippen molar-refractivity contribution in [3.8, 4) is 5.82 Å². The lowest BCUT2D eigenvalue weighted by atomic mass is 10.2. The highest BCUT2D eigenvalue weighted by molar-refractivity contribution is 7.99. The van der Waals surface area contributed by atoms with Crippen molar-refractivity contribution >= 4 is 34.6 Å². The molecular weight excluding hydrogens is 412 g/mol. The summed E-state index contributed by atoms with van der Waals surface area (Å²) in [6.45, 7) is 3.89. The highest BCUT2D eigenvalue weighted by Crippen LogP contribution is 2.33. The van der Waals surface area contributed by atoms with E-state index in [0.717, 1.165) is 5.56 Å². The van der Waals surface area contributed by atoms with Crippen molar-refractivity contribution in [2.75, 3.05) is 24.7 Å². The zero-order valence-electron chi connectivity index (χ0n) is 17.6. The van der Waals surface area contributed by atoms with Crippen LogP contribution in [0, 0.1) is 6.92 Å². The lowest BCUT2D eigenvalue weighted by Gasteiger charge is -2.17. The molecule has 9 nitrogen and oxygen atoms in total. The largest absolute Gasteiger partial charge is 0.368 e. The number of nitrogens with zero attached hydrogens (tertiary/aromatic N) is 7. The quantitative estimate of drug-likeness (QED) is 0.374. The molecule has 1 atom stereocenters. The molecule has 4 rings (SSSR count). The second-order valence-electron chi connectivity index (χ2n) is 7.25. The molecule has 0 unspecified atom stereocenters. The van der Waals surface area contributed by atoms with Crippen LogP contribution in [0.4, 0.5) is 11.9 Å². The van der Waals surface area contributed by atoms with Crippen LogP contribution in [0.1, 0.15) is 23.6 Å². The smallest absolute Gasteiger partial charge is 0.267 e. The lowest BCUT2D eigenvalue weighted by molar-refractivity contribution is 0.785. The Kier molecular flexibility index (Phi) is 5.55. The zero-order chi connectivity index (χ0) is 22.1. The molecule has 4 aromatic rings. The summed E-state index contributed by atoms with van der Waals surface area (Å²) in [6.07, 6.45) is 1.73. The van der Waals surface area contributed by atoms with Gasteiger partial charge in [-0.3, -0.25) is 4.79 Å². The molecule has 0 aliphatic rings. The maximum absolute atomic E-state index is 13.4. The Balaban J connectivity index is 1.84. The Bertz CT molecular complexity index is 1300. The van der Waals surface area contributed by atoms with Crippen LogP contribution in [0.3, 0.4) is 0 Å². The fraction of sp³-hybridized carbons (Fsp3) is 0.238. The zero-order valence-corrected chi connectivity index (χ0v) is 18.5. The number of thioether (sulfide) groups is 1. The van der Waals surface area contributed by atoms with E-state index in [4.69, 9.17) is 10.7 Å². The van der Waals surface area contributed by atoms with Crippen molar-refractivity contribution in [1.82, 2.24) is 29.5 Å². The molecule has 0 fully saturated rings. The van der Waals surface area contributed by atoms with Crippen LogP contribution in [0.2, 0.25) is 0 Å². The minimum atomic E-state index is -0.242. The summed E-state index contributed by atoms with van der Waals surface area (Å²) in [5.74, 6) is 1.63. The van der Waals surface area contributed by atoms with Crippen LogP contribution in [0.5, 0.6) is 0 Å². The summed E-state index contributed by atoms with van der Waals surface area (Å²) < 4.78 is 1.53. The SMILES string of the molecule is Cc1ccc(-n2c(S[C@@H](C)c3nc(N)nc(N(C)C)n3)nc3ccccc3c2=O)nc1. The summed E-state index contributed by atoms with van der Waals surface area (Å²) in [6, 6.07) is 11.0. The summed E-state index contributed by atoms with van der Waals surface area (Å²) in [5, 5.41) is 0.785. The molecular formula is C21H22N8OS. The third-order valence-electron chi connectivity index (χ3n) is 4.57. The van der Waals surface area contributed by atoms with Gasteiger partial charge in [0.2, 0.25) is 11.9 Å². The number of anilines is 2. The number of rotatable bonds is 5. The Morgan fingerprint density at radius 1 is 1.06 bits per heavy atom. The van der Waals surface area contributed by atoms with E-state index in [1.54, 1.807) is 17.2 Å². The van der Waals surface area contributed by atoms with Crippen molar-refractivity contribution in [1.29, 1.82) is 0 Å². The van der Waals surface area contributed by atoms with Crippen LogP contribution in [-0.4, -0.2) is 43.6 Å². The molecule has 0 spiro atoms. The number of benzene rings is 1. The van der Waals surface area contributed by atoms with E-state index in [0.29, 0.717) is 33.6 Å². The molecule has 1 aromatic carbocycles. The highest BCUT2D eigenvalue weighted by Gasteiger charge is 2.20. The number of aromatic nitrogens is 6. The number of nitrogens with two attached hydrogens (primary N) is 1. The first-order valence-electron chi connectivity index (χ1n) is 9.63. The lowest BCUT2D eigenvalue weighted by Crippen LogP contribution is -2.23. The van der Waals surface area contributed by atoms with Gasteiger partial charge in [-0.2, -0.15) is 15.0 Å². The number of aryl methyl sites for hydroxylation is 1. The number of fused-ring (bicyclic) bond motifs is 1. The highest BCUT2D eigenvalue weighted by atomic mass is 32.2. The number of hydrogen-bond donors (Lipinski definition) is 1. The number of para-hydroxylation sites is 1. The van der Waals surface area contributed by atoms with Gasteiger partial charge in [0.15, 0.2) is 5.16 Å². The summed E-state index contributed by atoms with van der Waals surface area (Å²) in [4.78, 5) is 37.2. The minimum Gasteiger partial charge on any atom is -0.368 e. The van der Waals surface area contributed by atoms with Gasteiger partial charge in [-0.25, -0.2) is 14.5 Å². The minimum absolute atomic E-state index is 0.144. The Morgan fingerprint density at radius 3 is 2.55 bits per heavy atom. The molecule has 10 heteroatoms. The first kappa shape index (κ1) is 20.7. The van der Waals surface area contributed by atoms with E-state index in [1.165, 1.54) is 16.3 Å². The van der Waals surface area contributed by atoms with Crippen LogP contribution in [-0.2, 0) is 0 Å². The van der Waals surface area contributed by atoms with Crippen molar-refractivity contribution < 1.29 is 0 Å². The van der Waals surface area contributed by atoms with Crippen LogP contribution >= 0.6 is 11.8 Å². The third kappa shape index (κ3) is 4.19. The van der Waals surface area contributed by atoms with Crippen molar-refractivity contribution in [2.45, 2.75) is 24.3 Å². The van der Waals surface area contributed by atoms with Crippen molar-refractivity contribution in [2.24, 2.45) is 0 Å². The first-order valence-corrected chi connectivity index (χ1v) is 10.5. The van der Waals surface area contributed by atoms with E-state index >= 15 is 0 Å². The van der Waals surface area contributed by atoms with E-state index in [2.05, 4.69) is 19.9 Å². The van der Waals surface area contributed by atoms with Gasteiger partial charge < -0.3 is 10.6 Å². The molecule has 3 heterocycles. The summed E-state index contributed by atoms with van der Waals surface area (Å²) in [7, 11) is 3.67. The standard InChI is InChI=1S/C21H22N8OS/c1-12-9-10-16(23-11-12)29-18(30)14-7-5-6-8-15(14)24-21(29)31-13(2)17-25-19(22)27-20(26-17)28(3)4/h5-11,13H,1-4H3,(H2,22,25,26,27)/t13-/m0/s1. The third-order valence-corrected chi connectivity index (χ3v) is 5.62. The van der Waals surface area contributed by atoms with Crippen molar-refractivity contribution in [3.05, 3.63) is 64.3 Å². The van der Waals surface area contributed by atoms with Crippen molar-refractivity contribution in [3.63, 3.8) is 0 Å². The van der Waals surface area contributed by atoms with Gasteiger partial charge in [-0.05, 0) is 37.6 Å². The molecule has 0 saturated heterocycles. The van der Waals surface area contributed by atoms with E-state index in [1.807, 2.05) is 58.3 Å². The normalized spacial score (nSPS) is 12.1. The van der Waals surface area contributed by atoms with Crippen LogP contribution in [0.15, 0.2) is 52.5 Å². The van der Waals surface area contributed by atoms with Gasteiger partial charge in [0, 0.05) is 20.3 Å². The van der Waals surface area contributed by atoms with Gasteiger partial charge in [0.25, 0.3) is 5.56 Å². The van der Waals surface area contributed by atoms with E-state index < -0.39 is 0 Å². The average Bonchev–Trinajstić information content (AvgIpc) is 2.74. The van der Waals surface area contributed by atoms with Crippen LogP contribution < -0.4 is 16.2 Å². The Morgan fingerprint density at radius 2 is 1.84 bits per heavy atom. The van der Waals surface area contributed by atoms with Gasteiger partial charge in [0.05, 0.1) is 16.2 Å². The fourth-order valence-corrected chi connectivity index (χ4v) is 3.94. The molecule has 0 aliphatic carbocycles. The number of pyridine rings is 1. The molecule has 0 aliphatic heterocycles. The maximum Gasteiger partial charge on any atom is 0.267 e. The molecule has 0 saturated carbocycles. The van der Waals surface area contributed by atoms with Gasteiger partial charge in [-0.15, -0.1) is 0 Å². The summed E-state index contributed by atoms with van der Waals surface area (Å²) in [5.41, 5.74) is 7.33. The molecule has 0 radical (unpaired) electrons. The van der Waals surface area contributed by atoms with Gasteiger partial charge >= 0.3 is 0 Å². The molecule has 158 valence electrons. The molecule has 0 amide bonds. The first-order chi connectivity index (χ1) is 14.8. The predicted molar refractivity (Wildman–Crippen MR) is 123 cm³/mol.